The fraction of sp³-hybridized carbons (Fsp3) is 0.200. The molecule has 1 nitrogen and oxygen atoms in total. The Kier molecular flexibility index (Phi) is 4.56. The number of halogens is 2. The van der Waals surface area contributed by atoms with Crippen LogP contribution in [0.4, 0.5) is 8.78 Å². The highest BCUT2D eigenvalue weighted by atomic mass is 32.2. The van der Waals surface area contributed by atoms with Gasteiger partial charge in [0.25, 0.3) is 0 Å². The molecule has 0 fully saturated rings. The van der Waals surface area contributed by atoms with Gasteiger partial charge in [0.1, 0.15) is 11.6 Å². The zero-order valence-corrected chi connectivity index (χ0v) is 11.4. The van der Waals surface area contributed by atoms with Crippen LogP contribution in [-0.2, 0) is 0 Å². The minimum atomic E-state index is -0.608. The maximum absolute atomic E-state index is 13.2. The minimum Gasteiger partial charge on any atom is -0.320 e. The molecule has 1 atom stereocenters. The number of nitrogens with two attached hydrogens (primary N) is 1. The number of rotatable bonds is 4. The van der Waals surface area contributed by atoms with Crippen molar-refractivity contribution in [3.63, 3.8) is 0 Å². The Balaban J connectivity index is 2.25. The molecule has 2 rings (SSSR count). The molecule has 0 bridgehead atoms. The van der Waals surface area contributed by atoms with Crippen LogP contribution in [0.1, 0.15) is 24.1 Å². The molecule has 0 aliphatic carbocycles. The van der Waals surface area contributed by atoms with Crippen molar-refractivity contribution in [1.82, 2.24) is 0 Å². The lowest BCUT2D eigenvalue weighted by Crippen LogP contribution is -2.12. The fourth-order valence-electron chi connectivity index (χ4n) is 1.89. The first-order chi connectivity index (χ1) is 9.10. The van der Waals surface area contributed by atoms with E-state index in [0.29, 0.717) is 5.56 Å². The first-order valence-electron chi connectivity index (χ1n) is 6.04. The lowest BCUT2D eigenvalue weighted by atomic mass is 9.99. The van der Waals surface area contributed by atoms with Crippen molar-refractivity contribution in [1.29, 1.82) is 0 Å². The largest absolute Gasteiger partial charge is 0.320 e. The molecule has 4 heteroatoms. The van der Waals surface area contributed by atoms with Gasteiger partial charge in [-0.3, -0.25) is 0 Å². The van der Waals surface area contributed by atoms with Crippen LogP contribution in [0.3, 0.4) is 0 Å². The molecule has 2 N–H and O–H groups in total. The fourth-order valence-corrected chi connectivity index (χ4v) is 2.55. The van der Waals surface area contributed by atoms with E-state index in [1.807, 2.05) is 24.3 Å². The van der Waals surface area contributed by atoms with Gasteiger partial charge in [0.15, 0.2) is 0 Å². The predicted octanol–water partition coefficient (Wildman–Crippen LogP) is 4.12. The molecule has 0 amide bonds. The molecule has 19 heavy (non-hydrogen) atoms. The summed E-state index contributed by atoms with van der Waals surface area (Å²) in [6, 6.07) is 10.6. The van der Waals surface area contributed by atoms with Crippen LogP contribution >= 0.6 is 11.8 Å². The summed E-state index contributed by atoms with van der Waals surface area (Å²) in [7, 11) is 0. The van der Waals surface area contributed by atoms with E-state index in [1.54, 1.807) is 11.8 Å². The molecule has 0 aromatic heterocycles. The summed E-state index contributed by atoms with van der Waals surface area (Å²) < 4.78 is 26.3. The van der Waals surface area contributed by atoms with Gasteiger partial charge >= 0.3 is 0 Å². The van der Waals surface area contributed by atoms with Crippen molar-refractivity contribution >= 4 is 11.8 Å². The second-order valence-electron chi connectivity index (χ2n) is 4.18. The van der Waals surface area contributed by atoms with Gasteiger partial charge in [-0.15, -0.1) is 11.8 Å². The van der Waals surface area contributed by atoms with E-state index in [9.17, 15) is 8.78 Å². The third-order valence-corrected chi connectivity index (χ3v) is 3.69. The third-order valence-electron chi connectivity index (χ3n) is 2.79. The Hall–Kier alpha value is -1.39. The van der Waals surface area contributed by atoms with Crippen molar-refractivity contribution in [2.75, 3.05) is 5.75 Å². The number of hydrogen-bond acceptors (Lipinski definition) is 2. The van der Waals surface area contributed by atoms with Gasteiger partial charge in [0.05, 0.1) is 6.04 Å². The zero-order chi connectivity index (χ0) is 13.8. The van der Waals surface area contributed by atoms with Crippen LogP contribution in [0.25, 0.3) is 0 Å². The quantitative estimate of drug-likeness (QED) is 0.852. The van der Waals surface area contributed by atoms with Crippen LogP contribution in [-0.4, -0.2) is 5.75 Å². The van der Waals surface area contributed by atoms with Crippen molar-refractivity contribution in [2.45, 2.75) is 17.9 Å². The molecule has 0 aliphatic heterocycles. The lowest BCUT2D eigenvalue weighted by Gasteiger charge is -2.13. The van der Waals surface area contributed by atoms with Crippen molar-refractivity contribution in [3.05, 3.63) is 65.2 Å². The molecule has 2 aromatic rings. The molecule has 0 heterocycles. The highest BCUT2D eigenvalue weighted by Gasteiger charge is 2.11. The van der Waals surface area contributed by atoms with Gasteiger partial charge in [-0.25, -0.2) is 8.78 Å². The second-order valence-corrected chi connectivity index (χ2v) is 5.52. The monoisotopic (exact) mass is 279 g/mol. The SMILES string of the molecule is CCSc1ccc(C(N)c2cc(F)cc(F)c2)cc1. The van der Waals surface area contributed by atoms with Gasteiger partial charge in [-0.05, 0) is 41.1 Å². The first-order valence-corrected chi connectivity index (χ1v) is 7.03. The van der Waals surface area contributed by atoms with Crippen LogP contribution in [0.5, 0.6) is 0 Å². The predicted molar refractivity (Wildman–Crippen MR) is 75.2 cm³/mol. The molecule has 1 unspecified atom stereocenters. The van der Waals surface area contributed by atoms with Gasteiger partial charge < -0.3 is 5.73 Å². The van der Waals surface area contributed by atoms with Crippen LogP contribution < -0.4 is 5.73 Å². The lowest BCUT2D eigenvalue weighted by molar-refractivity contribution is 0.577. The zero-order valence-electron chi connectivity index (χ0n) is 10.6. The van der Waals surface area contributed by atoms with E-state index in [4.69, 9.17) is 5.73 Å². The molecule has 0 radical (unpaired) electrons. The van der Waals surface area contributed by atoms with Gasteiger partial charge in [-0.2, -0.15) is 0 Å². The summed E-state index contributed by atoms with van der Waals surface area (Å²) in [5.41, 5.74) is 7.31. The molecule has 0 spiro atoms. The van der Waals surface area contributed by atoms with Crippen LogP contribution in [0, 0.1) is 11.6 Å². The van der Waals surface area contributed by atoms with Crippen LogP contribution in [0.15, 0.2) is 47.4 Å². The topological polar surface area (TPSA) is 26.0 Å². The Morgan fingerprint density at radius 2 is 1.58 bits per heavy atom. The van der Waals surface area contributed by atoms with E-state index in [-0.39, 0.29) is 0 Å². The standard InChI is InChI=1S/C15H15F2NS/c1-2-19-14-5-3-10(4-6-14)15(18)11-7-12(16)9-13(17)8-11/h3-9,15H,2,18H2,1H3. The van der Waals surface area contributed by atoms with E-state index in [2.05, 4.69) is 6.92 Å². The van der Waals surface area contributed by atoms with Gasteiger partial charge in [0.2, 0.25) is 0 Å². The summed E-state index contributed by atoms with van der Waals surface area (Å²) in [6.07, 6.45) is 0. The summed E-state index contributed by atoms with van der Waals surface area (Å²) >= 11 is 1.74. The number of benzene rings is 2. The Bertz CT molecular complexity index is 534. The average molecular weight is 279 g/mol. The Morgan fingerprint density at radius 1 is 1.00 bits per heavy atom. The Morgan fingerprint density at radius 3 is 2.11 bits per heavy atom. The van der Waals surface area contributed by atoms with E-state index >= 15 is 0 Å². The number of hydrogen-bond donors (Lipinski definition) is 1. The molecule has 2 aromatic carbocycles. The summed E-state index contributed by atoms with van der Waals surface area (Å²) in [6.45, 7) is 2.08. The smallest absolute Gasteiger partial charge is 0.126 e. The minimum absolute atomic E-state index is 0.438. The normalized spacial score (nSPS) is 12.4. The third kappa shape index (κ3) is 3.55. The van der Waals surface area contributed by atoms with E-state index in [1.165, 1.54) is 12.1 Å². The second kappa shape index (κ2) is 6.17. The maximum atomic E-state index is 13.2. The summed E-state index contributed by atoms with van der Waals surface area (Å²) in [5.74, 6) is -0.215. The molecular weight excluding hydrogens is 264 g/mol. The maximum Gasteiger partial charge on any atom is 0.126 e. The van der Waals surface area contributed by atoms with Crippen LogP contribution in [0.2, 0.25) is 0 Å². The van der Waals surface area contributed by atoms with Gasteiger partial charge in [0, 0.05) is 11.0 Å². The van der Waals surface area contributed by atoms with Crippen molar-refractivity contribution < 1.29 is 8.78 Å². The first kappa shape index (κ1) is 14.0. The average Bonchev–Trinajstić information content (AvgIpc) is 2.38. The number of thioether (sulfide) groups is 1. The van der Waals surface area contributed by atoms with E-state index < -0.39 is 17.7 Å². The van der Waals surface area contributed by atoms with Crippen molar-refractivity contribution in [3.8, 4) is 0 Å². The highest BCUT2D eigenvalue weighted by Crippen LogP contribution is 2.24. The molecule has 100 valence electrons. The van der Waals surface area contributed by atoms with Gasteiger partial charge in [-0.1, -0.05) is 19.1 Å². The van der Waals surface area contributed by atoms with Crippen molar-refractivity contribution in [2.24, 2.45) is 5.73 Å². The molecule has 0 aliphatic rings. The highest BCUT2D eigenvalue weighted by molar-refractivity contribution is 7.99. The molecular formula is C15H15F2NS. The molecule has 0 saturated carbocycles. The molecule has 0 saturated heterocycles. The Labute approximate surface area is 115 Å². The summed E-state index contributed by atoms with van der Waals surface area (Å²) in [5, 5.41) is 0. The van der Waals surface area contributed by atoms with E-state index in [0.717, 1.165) is 22.3 Å². The summed E-state index contributed by atoms with van der Waals surface area (Å²) in [4.78, 5) is 1.16.